The van der Waals surface area contributed by atoms with Crippen LogP contribution in [-0.4, -0.2) is 62.7 Å². The minimum absolute atomic E-state index is 0.0108. The molecule has 6 heteroatoms. The van der Waals surface area contributed by atoms with Gasteiger partial charge in [-0.15, -0.1) is 0 Å². The van der Waals surface area contributed by atoms with Crippen LogP contribution in [0.2, 0.25) is 0 Å². The molecule has 1 saturated heterocycles. The Hall–Kier alpha value is -1.30. The van der Waals surface area contributed by atoms with E-state index in [4.69, 9.17) is 4.74 Å². The standard InChI is InChI=1S/C15H30N4O2/c1-14(2,3)18-12(20)9-19(6)13(16-5)17-10-15(4)7-8-21-11-15/h7-11H2,1-6H3,(H,16,17)(H,18,20). The molecule has 1 aliphatic heterocycles. The van der Waals surface area contributed by atoms with E-state index in [-0.39, 0.29) is 23.4 Å². The molecular formula is C15H30N4O2. The lowest BCUT2D eigenvalue weighted by molar-refractivity contribution is -0.122. The second kappa shape index (κ2) is 7.11. The first-order valence-corrected chi connectivity index (χ1v) is 7.46. The van der Waals surface area contributed by atoms with Crippen molar-refractivity contribution in [2.45, 2.75) is 39.7 Å². The Labute approximate surface area is 128 Å². The van der Waals surface area contributed by atoms with Crippen LogP contribution >= 0.6 is 0 Å². The summed E-state index contributed by atoms with van der Waals surface area (Å²) in [5.74, 6) is 0.718. The molecule has 0 aromatic carbocycles. The molecule has 1 heterocycles. The first kappa shape index (κ1) is 17.8. The highest BCUT2D eigenvalue weighted by Crippen LogP contribution is 2.26. The first-order chi connectivity index (χ1) is 9.65. The zero-order valence-electron chi connectivity index (χ0n) is 14.2. The number of carbonyl (C=O) groups is 1. The van der Waals surface area contributed by atoms with Gasteiger partial charge in [-0.05, 0) is 27.2 Å². The van der Waals surface area contributed by atoms with Gasteiger partial charge >= 0.3 is 0 Å². The molecule has 2 N–H and O–H groups in total. The molecule has 6 nitrogen and oxygen atoms in total. The quantitative estimate of drug-likeness (QED) is 0.596. The Balaban J connectivity index is 2.46. The van der Waals surface area contributed by atoms with Crippen LogP contribution in [0.4, 0.5) is 0 Å². The third-order valence-electron chi connectivity index (χ3n) is 3.44. The molecule has 0 radical (unpaired) electrons. The molecule has 21 heavy (non-hydrogen) atoms. The fourth-order valence-electron chi connectivity index (χ4n) is 2.27. The van der Waals surface area contributed by atoms with Crippen molar-refractivity contribution < 1.29 is 9.53 Å². The predicted molar refractivity (Wildman–Crippen MR) is 85.4 cm³/mol. The average Bonchev–Trinajstić information content (AvgIpc) is 2.74. The lowest BCUT2D eigenvalue weighted by atomic mass is 9.90. The first-order valence-electron chi connectivity index (χ1n) is 7.46. The molecule has 0 bridgehead atoms. The van der Waals surface area contributed by atoms with Crippen molar-refractivity contribution in [2.24, 2.45) is 10.4 Å². The van der Waals surface area contributed by atoms with Gasteiger partial charge in [-0.2, -0.15) is 0 Å². The van der Waals surface area contributed by atoms with E-state index < -0.39 is 0 Å². The molecule has 1 amide bonds. The molecule has 1 atom stereocenters. The summed E-state index contributed by atoms with van der Waals surface area (Å²) in [6, 6.07) is 0. The van der Waals surface area contributed by atoms with Gasteiger partial charge in [0.25, 0.3) is 0 Å². The van der Waals surface area contributed by atoms with Gasteiger partial charge in [0, 0.05) is 38.2 Å². The average molecular weight is 298 g/mol. The molecule has 0 aliphatic carbocycles. The number of nitrogens with one attached hydrogen (secondary N) is 2. The van der Waals surface area contributed by atoms with E-state index in [0.717, 1.165) is 32.1 Å². The van der Waals surface area contributed by atoms with Crippen LogP contribution in [0.1, 0.15) is 34.1 Å². The lowest BCUT2D eigenvalue weighted by Gasteiger charge is -2.28. The Morgan fingerprint density at radius 1 is 1.43 bits per heavy atom. The number of carbonyl (C=O) groups excluding carboxylic acids is 1. The summed E-state index contributed by atoms with van der Waals surface area (Å²) in [6.07, 6.45) is 1.05. The highest BCUT2D eigenvalue weighted by molar-refractivity contribution is 5.86. The van der Waals surface area contributed by atoms with E-state index >= 15 is 0 Å². The molecule has 0 aromatic rings. The molecule has 1 unspecified atom stereocenters. The van der Waals surface area contributed by atoms with E-state index in [0.29, 0.717) is 0 Å². The molecule has 1 fully saturated rings. The highest BCUT2D eigenvalue weighted by Gasteiger charge is 2.30. The van der Waals surface area contributed by atoms with E-state index in [1.165, 1.54) is 0 Å². The van der Waals surface area contributed by atoms with Gasteiger partial charge in [-0.25, -0.2) is 0 Å². The Kier molecular flexibility index (Phi) is 6.01. The van der Waals surface area contributed by atoms with Crippen molar-refractivity contribution >= 4 is 11.9 Å². The zero-order chi connectivity index (χ0) is 16.1. The summed E-state index contributed by atoms with van der Waals surface area (Å²) < 4.78 is 5.45. The number of likely N-dealkylation sites (N-methyl/N-ethyl adjacent to an activating group) is 1. The molecule has 0 saturated carbocycles. The fraction of sp³-hybridized carbons (Fsp3) is 0.867. The number of nitrogens with zero attached hydrogens (tertiary/aromatic N) is 2. The summed E-state index contributed by atoms with van der Waals surface area (Å²) in [7, 11) is 3.60. The van der Waals surface area contributed by atoms with Gasteiger partial charge < -0.3 is 20.3 Å². The highest BCUT2D eigenvalue weighted by atomic mass is 16.5. The number of aliphatic imine (C=N–C) groups is 1. The van der Waals surface area contributed by atoms with Crippen molar-refractivity contribution in [3.05, 3.63) is 0 Å². The summed E-state index contributed by atoms with van der Waals surface area (Å²) in [4.78, 5) is 18.0. The SMILES string of the molecule is CN=C(NCC1(C)CCOC1)N(C)CC(=O)NC(C)(C)C. The van der Waals surface area contributed by atoms with Gasteiger partial charge in [0.2, 0.25) is 5.91 Å². The predicted octanol–water partition coefficient (Wildman–Crippen LogP) is 0.835. The van der Waals surface area contributed by atoms with Gasteiger partial charge in [-0.1, -0.05) is 6.92 Å². The number of hydrogen-bond donors (Lipinski definition) is 2. The Morgan fingerprint density at radius 2 is 2.10 bits per heavy atom. The van der Waals surface area contributed by atoms with Crippen LogP contribution in [-0.2, 0) is 9.53 Å². The Morgan fingerprint density at radius 3 is 2.57 bits per heavy atom. The van der Waals surface area contributed by atoms with E-state index in [2.05, 4.69) is 22.5 Å². The topological polar surface area (TPSA) is 66.0 Å². The van der Waals surface area contributed by atoms with Crippen molar-refractivity contribution in [3.63, 3.8) is 0 Å². The largest absolute Gasteiger partial charge is 0.381 e. The van der Waals surface area contributed by atoms with E-state index in [1.807, 2.05) is 32.7 Å². The molecule has 0 spiro atoms. The van der Waals surface area contributed by atoms with E-state index in [9.17, 15) is 4.79 Å². The molecular weight excluding hydrogens is 268 g/mol. The van der Waals surface area contributed by atoms with Crippen molar-refractivity contribution in [1.29, 1.82) is 0 Å². The van der Waals surface area contributed by atoms with Crippen LogP contribution < -0.4 is 10.6 Å². The summed E-state index contributed by atoms with van der Waals surface area (Å²) in [6.45, 7) is 10.8. The maximum Gasteiger partial charge on any atom is 0.240 e. The second-order valence-corrected chi connectivity index (χ2v) is 7.17. The lowest BCUT2D eigenvalue weighted by Crippen LogP contribution is -2.50. The maximum absolute atomic E-state index is 12.0. The van der Waals surface area contributed by atoms with Crippen molar-refractivity contribution in [2.75, 3.05) is 40.4 Å². The number of ether oxygens (including phenoxy) is 1. The second-order valence-electron chi connectivity index (χ2n) is 7.17. The van der Waals surface area contributed by atoms with Crippen LogP contribution in [0.3, 0.4) is 0 Å². The molecule has 0 aromatic heterocycles. The Bertz CT molecular complexity index is 382. The minimum atomic E-state index is -0.219. The van der Waals surface area contributed by atoms with Crippen molar-refractivity contribution in [3.8, 4) is 0 Å². The molecule has 1 aliphatic rings. The maximum atomic E-state index is 12.0. The number of hydrogen-bond acceptors (Lipinski definition) is 3. The van der Waals surface area contributed by atoms with Crippen LogP contribution in [0.5, 0.6) is 0 Å². The van der Waals surface area contributed by atoms with Crippen LogP contribution in [0.15, 0.2) is 4.99 Å². The zero-order valence-corrected chi connectivity index (χ0v) is 14.2. The minimum Gasteiger partial charge on any atom is -0.381 e. The number of rotatable bonds is 4. The fourth-order valence-corrected chi connectivity index (χ4v) is 2.27. The third-order valence-corrected chi connectivity index (χ3v) is 3.44. The van der Waals surface area contributed by atoms with Gasteiger partial charge in [0.15, 0.2) is 5.96 Å². The van der Waals surface area contributed by atoms with Gasteiger partial charge in [0.1, 0.15) is 0 Å². The normalized spacial score (nSPS) is 23.0. The smallest absolute Gasteiger partial charge is 0.240 e. The van der Waals surface area contributed by atoms with Crippen molar-refractivity contribution in [1.82, 2.24) is 15.5 Å². The monoisotopic (exact) mass is 298 g/mol. The third kappa shape index (κ3) is 6.33. The van der Waals surface area contributed by atoms with E-state index in [1.54, 1.807) is 7.05 Å². The number of guanidine groups is 1. The number of amides is 1. The molecule has 122 valence electrons. The van der Waals surface area contributed by atoms with Crippen LogP contribution in [0.25, 0.3) is 0 Å². The van der Waals surface area contributed by atoms with Gasteiger partial charge in [0.05, 0.1) is 13.2 Å². The summed E-state index contributed by atoms with van der Waals surface area (Å²) in [5, 5.41) is 6.29. The summed E-state index contributed by atoms with van der Waals surface area (Å²) in [5.41, 5.74) is -0.0754. The molecule has 1 rings (SSSR count). The summed E-state index contributed by atoms with van der Waals surface area (Å²) >= 11 is 0. The van der Waals surface area contributed by atoms with Gasteiger partial charge in [-0.3, -0.25) is 9.79 Å². The van der Waals surface area contributed by atoms with Crippen LogP contribution in [0, 0.1) is 5.41 Å².